The van der Waals surface area contributed by atoms with Gasteiger partial charge in [-0.25, -0.2) is 0 Å². The number of hydrogen-bond donors (Lipinski definition) is 1. The van der Waals surface area contributed by atoms with Crippen molar-refractivity contribution < 1.29 is 5.11 Å². The Morgan fingerprint density at radius 1 is 1.36 bits per heavy atom. The Labute approximate surface area is 84.2 Å². The Balaban J connectivity index is 2.62. The molecule has 1 N–H and O–H groups in total. The van der Waals surface area contributed by atoms with Crippen LogP contribution < -0.4 is 0 Å². The van der Waals surface area contributed by atoms with Crippen LogP contribution in [0.5, 0.6) is 5.75 Å². The predicted molar refractivity (Wildman–Crippen MR) is 51.7 cm³/mol. The van der Waals surface area contributed by atoms with Crippen LogP contribution >= 0.6 is 11.5 Å². The molecule has 2 rings (SSSR count). The van der Waals surface area contributed by atoms with Gasteiger partial charge in [-0.15, -0.1) is 5.10 Å². The van der Waals surface area contributed by atoms with E-state index < -0.39 is 0 Å². The molecule has 4 nitrogen and oxygen atoms in total. The molecule has 1 aromatic heterocycles. The first-order valence-electron chi connectivity index (χ1n) is 3.83. The summed E-state index contributed by atoms with van der Waals surface area (Å²) in [5.74, 6) is 0.108. The molecule has 1 heterocycles. The minimum Gasteiger partial charge on any atom is -0.507 e. The van der Waals surface area contributed by atoms with Gasteiger partial charge in [0.05, 0.1) is 0 Å². The van der Waals surface area contributed by atoms with Crippen LogP contribution in [0.25, 0.3) is 11.3 Å². The number of rotatable bonds is 1. The lowest BCUT2D eigenvalue weighted by Crippen LogP contribution is -1.81. The maximum absolute atomic E-state index is 9.53. The second kappa shape index (κ2) is 3.44. The normalized spacial score (nSPS) is 9.64. The van der Waals surface area contributed by atoms with Crippen LogP contribution in [0, 0.1) is 11.3 Å². The molecule has 0 aliphatic heterocycles. The Bertz CT molecular complexity index is 501. The minimum absolute atomic E-state index is 0.108. The van der Waals surface area contributed by atoms with Crippen LogP contribution in [-0.2, 0) is 0 Å². The van der Waals surface area contributed by atoms with Crippen molar-refractivity contribution >= 4 is 11.5 Å². The van der Waals surface area contributed by atoms with Gasteiger partial charge in [0.15, 0.2) is 4.88 Å². The summed E-state index contributed by atoms with van der Waals surface area (Å²) >= 11 is 1.02. The third-order valence-corrected chi connectivity index (χ3v) is 2.38. The summed E-state index contributed by atoms with van der Waals surface area (Å²) in [6.45, 7) is 0. The fourth-order valence-electron chi connectivity index (χ4n) is 1.11. The largest absolute Gasteiger partial charge is 0.507 e. The number of nitrogens with zero attached hydrogens (tertiary/aromatic N) is 3. The Morgan fingerprint density at radius 3 is 2.86 bits per heavy atom. The Hall–Kier alpha value is -1.93. The van der Waals surface area contributed by atoms with Gasteiger partial charge < -0.3 is 5.11 Å². The number of aromatic nitrogens is 2. The molecule has 0 amide bonds. The van der Waals surface area contributed by atoms with Gasteiger partial charge >= 0.3 is 0 Å². The summed E-state index contributed by atoms with van der Waals surface area (Å²) in [5.41, 5.74) is 0.980. The first-order valence-corrected chi connectivity index (χ1v) is 4.61. The summed E-state index contributed by atoms with van der Waals surface area (Å²) in [5, 5.41) is 22.1. The second-order valence-corrected chi connectivity index (χ2v) is 3.33. The summed E-state index contributed by atoms with van der Waals surface area (Å²) < 4.78 is 3.67. The lowest BCUT2D eigenvalue weighted by molar-refractivity contribution is 0.477. The van der Waals surface area contributed by atoms with Crippen molar-refractivity contribution in [2.45, 2.75) is 0 Å². The first-order chi connectivity index (χ1) is 6.83. The van der Waals surface area contributed by atoms with Crippen molar-refractivity contribution in [3.05, 3.63) is 29.1 Å². The average Bonchev–Trinajstić information content (AvgIpc) is 2.66. The highest BCUT2D eigenvalue weighted by molar-refractivity contribution is 7.06. The second-order valence-electron chi connectivity index (χ2n) is 2.58. The van der Waals surface area contributed by atoms with E-state index in [4.69, 9.17) is 5.26 Å². The number of nitriles is 1. The number of hydrogen-bond acceptors (Lipinski definition) is 5. The quantitative estimate of drug-likeness (QED) is 0.767. The zero-order valence-corrected chi connectivity index (χ0v) is 7.82. The van der Waals surface area contributed by atoms with E-state index in [1.807, 2.05) is 6.07 Å². The smallest absolute Gasteiger partial charge is 0.153 e. The first kappa shape index (κ1) is 8.66. The molecule has 2 aromatic rings. The van der Waals surface area contributed by atoms with Gasteiger partial charge in [-0.05, 0) is 23.7 Å². The van der Waals surface area contributed by atoms with Crippen LogP contribution in [0.3, 0.4) is 0 Å². The van der Waals surface area contributed by atoms with Crippen LogP contribution in [0.2, 0.25) is 0 Å². The van der Waals surface area contributed by atoms with Crippen LogP contribution in [-0.4, -0.2) is 14.7 Å². The van der Waals surface area contributed by atoms with Crippen molar-refractivity contribution in [2.75, 3.05) is 0 Å². The molecule has 0 atom stereocenters. The topological polar surface area (TPSA) is 69.8 Å². The van der Waals surface area contributed by atoms with Crippen LogP contribution in [0.4, 0.5) is 0 Å². The molecule has 68 valence electrons. The van der Waals surface area contributed by atoms with Gasteiger partial charge in [-0.1, -0.05) is 16.6 Å². The van der Waals surface area contributed by atoms with Crippen molar-refractivity contribution in [3.8, 4) is 23.1 Å². The van der Waals surface area contributed by atoms with Crippen LogP contribution in [0.1, 0.15) is 4.88 Å². The summed E-state index contributed by atoms with van der Waals surface area (Å²) in [6, 6.07) is 8.72. The third-order valence-electron chi connectivity index (χ3n) is 1.75. The third kappa shape index (κ3) is 1.32. The molecule has 14 heavy (non-hydrogen) atoms. The van der Waals surface area contributed by atoms with E-state index >= 15 is 0 Å². The molecule has 5 heteroatoms. The number of phenols is 1. The maximum Gasteiger partial charge on any atom is 0.153 e. The SMILES string of the molecule is N#Cc1snnc1-c1ccccc1O. The number of para-hydroxylation sites is 1. The summed E-state index contributed by atoms with van der Waals surface area (Å²) in [7, 11) is 0. The van der Waals surface area contributed by atoms with Crippen molar-refractivity contribution in [1.82, 2.24) is 9.59 Å². The summed E-state index contributed by atoms with van der Waals surface area (Å²) in [6.07, 6.45) is 0. The van der Waals surface area contributed by atoms with Gasteiger partial charge in [0, 0.05) is 5.56 Å². The molecule has 0 radical (unpaired) electrons. The molecule has 0 bridgehead atoms. The van der Waals surface area contributed by atoms with Crippen molar-refractivity contribution in [2.24, 2.45) is 0 Å². The molecule has 0 aliphatic carbocycles. The predicted octanol–water partition coefficient (Wildman–Crippen LogP) is 1.78. The van der Waals surface area contributed by atoms with Gasteiger partial charge in [-0.2, -0.15) is 5.26 Å². The fourth-order valence-corrected chi connectivity index (χ4v) is 1.60. The molecule has 0 spiro atoms. The zero-order valence-electron chi connectivity index (χ0n) is 7.01. The number of aromatic hydroxyl groups is 1. The van der Waals surface area contributed by atoms with E-state index in [1.165, 1.54) is 0 Å². The van der Waals surface area contributed by atoms with E-state index in [0.717, 1.165) is 11.5 Å². The summed E-state index contributed by atoms with van der Waals surface area (Å²) in [4.78, 5) is 0.409. The molecule has 0 aliphatic rings. The zero-order chi connectivity index (χ0) is 9.97. The molecule has 0 saturated heterocycles. The minimum atomic E-state index is 0.108. The number of benzene rings is 1. The Kier molecular flexibility index (Phi) is 2.13. The van der Waals surface area contributed by atoms with Gasteiger partial charge in [0.25, 0.3) is 0 Å². The van der Waals surface area contributed by atoms with Crippen molar-refractivity contribution in [3.63, 3.8) is 0 Å². The molecular formula is C9H5N3OS. The molecule has 1 aromatic carbocycles. The van der Waals surface area contributed by atoms with E-state index in [9.17, 15) is 5.11 Å². The molecule has 0 saturated carbocycles. The van der Waals surface area contributed by atoms with E-state index in [0.29, 0.717) is 16.1 Å². The van der Waals surface area contributed by atoms with Crippen molar-refractivity contribution in [1.29, 1.82) is 5.26 Å². The lowest BCUT2D eigenvalue weighted by atomic mass is 10.1. The lowest BCUT2D eigenvalue weighted by Gasteiger charge is -1.98. The monoisotopic (exact) mass is 203 g/mol. The van der Waals surface area contributed by atoms with E-state index in [-0.39, 0.29) is 5.75 Å². The standard InChI is InChI=1S/C9H5N3OS/c10-5-8-9(11-12-14-8)6-3-1-2-4-7(6)13/h1-4,13H. The average molecular weight is 203 g/mol. The molecule has 0 fully saturated rings. The van der Waals surface area contributed by atoms with Gasteiger partial charge in [0.2, 0.25) is 0 Å². The van der Waals surface area contributed by atoms with Crippen LogP contribution in [0.15, 0.2) is 24.3 Å². The molecular weight excluding hydrogens is 198 g/mol. The Morgan fingerprint density at radius 2 is 2.14 bits per heavy atom. The highest BCUT2D eigenvalue weighted by Crippen LogP contribution is 2.30. The maximum atomic E-state index is 9.53. The fraction of sp³-hybridized carbons (Fsp3) is 0. The van der Waals surface area contributed by atoms with Gasteiger partial charge in [-0.3, -0.25) is 0 Å². The molecule has 0 unspecified atom stereocenters. The number of phenolic OH excluding ortho intramolecular Hbond substituents is 1. The van der Waals surface area contributed by atoms with E-state index in [2.05, 4.69) is 9.59 Å². The van der Waals surface area contributed by atoms with E-state index in [1.54, 1.807) is 24.3 Å². The van der Waals surface area contributed by atoms with Gasteiger partial charge in [0.1, 0.15) is 17.5 Å². The highest BCUT2D eigenvalue weighted by Gasteiger charge is 2.12. The highest BCUT2D eigenvalue weighted by atomic mass is 32.1.